The second-order valence-corrected chi connectivity index (χ2v) is 3.87. The molecule has 0 aliphatic carbocycles. The highest BCUT2D eigenvalue weighted by atomic mass is 19.3. The zero-order chi connectivity index (χ0) is 17.1. The molecule has 0 N–H and O–H groups in total. The zero-order valence-electron chi connectivity index (χ0n) is 14.0. The Hall–Kier alpha value is -2.04. The SMILES string of the molecule is CC.CC.Cc1cc(Oc2ccc(C(F)F)cc2)nc(C)n1. The van der Waals surface area contributed by atoms with Gasteiger partial charge in [0.2, 0.25) is 5.88 Å². The van der Waals surface area contributed by atoms with E-state index in [1.165, 1.54) is 24.3 Å². The first kappa shape index (κ1) is 20.0. The molecule has 2 rings (SSSR count). The monoisotopic (exact) mass is 310 g/mol. The summed E-state index contributed by atoms with van der Waals surface area (Å²) in [5.41, 5.74) is 0.763. The van der Waals surface area contributed by atoms with E-state index in [-0.39, 0.29) is 5.56 Å². The topological polar surface area (TPSA) is 35.0 Å². The Morgan fingerprint density at radius 3 is 1.91 bits per heavy atom. The lowest BCUT2D eigenvalue weighted by molar-refractivity contribution is 0.151. The molecule has 0 aliphatic rings. The van der Waals surface area contributed by atoms with E-state index in [0.29, 0.717) is 17.5 Å². The van der Waals surface area contributed by atoms with Crippen LogP contribution in [0.25, 0.3) is 0 Å². The number of hydrogen-bond acceptors (Lipinski definition) is 3. The zero-order valence-corrected chi connectivity index (χ0v) is 14.0. The van der Waals surface area contributed by atoms with Crippen molar-refractivity contribution in [3.05, 3.63) is 47.4 Å². The summed E-state index contributed by atoms with van der Waals surface area (Å²) in [5.74, 6) is 1.48. The quantitative estimate of drug-likeness (QED) is 0.710. The molecule has 1 aromatic carbocycles. The maximum Gasteiger partial charge on any atom is 0.263 e. The van der Waals surface area contributed by atoms with Gasteiger partial charge < -0.3 is 4.74 Å². The highest BCUT2D eigenvalue weighted by molar-refractivity contribution is 5.31. The van der Waals surface area contributed by atoms with Crippen molar-refractivity contribution in [1.29, 1.82) is 0 Å². The number of halogens is 2. The highest BCUT2D eigenvalue weighted by Crippen LogP contribution is 2.24. The van der Waals surface area contributed by atoms with Crippen LogP contribution in [0.5, 0.6) is 11.6 Å². The summed E-state index contributed by atoms with van der Waals surface area (Å²) in [5, 5.41) is 0. The second-order valence-electron chi connectivity index (χ2n) is 3.87. The van der Waals surface area contributed by atoms with E-state index >= 15 is 0 Å². The van der Waals surface area contributed by atoms with Gasteiger partial charge >= 0.3 is 0 Å². The predicted molar refractivity (Wildman–Crippen MR) is 85.7 cm³/mol. The van der Waals surface area contributed by atoms with Crippen LogP contribution in [-0.2, 0) is 0 Å². The van der Waals surface area contributed by atoms with Crippen LogP contribution in [0, 0.1) is 13.8 Å². The third-order valence-electron chi connectivity index (χ3n) is 2.30. The summed E-state index contributed by atoms with van der Waals surface area (Å²) in [6.07, 6.45) is -2.47. The van der Waals surface area contributed by atoms with Gasteiger partial charge in [0.1, 0.15) is 11.6 Å². The largest absolute Gasteiger partial charge is 0.439 e. The smallest absolute Gasteiger partial charge is 0.263 e. The lowest BCUT2D eigenvalue weighted by atomic mass is 10.2. The molecule has 0 radical (unpaired) electrons. The number of ether oxygens (including phenoxy) is 1. The molecule has 0 aliphatic heterocycles. The van der Waals surface area contributed by atoms with Gasteiger partial charge in [-0.2, -0.15) is 4.98 Å². The standard InChI is InChI=1S/C13H12F2N2O.2C2H6/c1-8-7-12(17-9(2)16-8)18-11-5-3-10(4-6-11)13(14)15;2*1-2/h3-7,13H,1-2H3;2*1-2H3. The Morgan fingerprint density at radius 1 is 0.909 bits per heavy atom. The summed E-state index contributed by atoms with van der Waals surface area (Å²) < 4.78 is 30.2. The molecule has 122 valence electrons. The third kappa shape index (κ3) is 6.61. The molecule has 1 heterocycles. The van der Waals surface area contributed by atoms with E-state index in [9.17, 15) is 8.78 Å². The summed E-state index contributed by atoms with van der Waals surface area (Å²) >= 11 is 0. The number of alkyl halides is 2. The second kappa shape index (κ2) is 10.7. The molecule has 0 amide bonds. The van der Waals surface area contributed by atoms with Crippen molar-refractivity contribution in [2.24, 2.45) is 0 Å². The Balaban J connectivity index is 0.00000102. The van der Waals surface area contributed by atoms with Crippen molar-refractivity contribution in [1.82, 2.24) is 9.97 Å². The molecule has 0 bridgehead atoms. The van der Waals surface area contributed by atoms with Gasteiger partial charge in [-0.05, 0) is 38.1 Å². The van der Waals surface area contributed by atoms with E-state index in [4.69, 9.17) is 4.74 Å². The molecule has 1 aromatic heterocycles. The molecule has 0 spiro atoms. The lowest BCUT2D eigenvalue weighted by Crippen LogP contribution is -1.95. The van der Waals surface area contributed by atoms with Crippen molar-refractivity contribution in [2.45, 2.75) is 48.0 Å². The van der Waals surface area contributed by atoms with Crippen molar-refractivity contribution in [3.63, 3.8) is 0 Å². The molecule has 0 atom stereocenters. The average molecular weight is 310 g/mol. The van der Waals surface area contributed by atoms with Gasteiger partial charge in [0.25, 0.3) is 6.43 Å². The normalized spacial score (nSPS) is 9.32. The van der Waals surface area contributed by atoms with Gasteiger partial charge in [0.15, 0.2) is 0 Å². The minimum atomic E-state index is -2.47. The number of hydrogen-bond donors (Lipinski definition) is 0. The number of nitrogens with zero attached hydrogens (tertiary/aromatic N) is 2. The fourth-order valence-corrected chi connectivity index (χ4v) is 1.54. The fourth-order valence-electron chi connectivity index (χ4n) is 1.54. The molecule has 5 heteroatoms. The van der Waals surface area contributed by atoms with Crippen molar-refractivity contribution < 1.29 is 13.5 Å². The Kier molecular flexibility index (Phi) is 9.67. The van der Waals surface area contributed by atoms with Crippen LogP contribution >= 0.6 is 0 Å². The Morgan fingerprint density at radius 2 is 1.45 bits per heavy atom. The maximum atomic E-state index is 12.4. The molecule has 2 aromatic rings. The number of benzene rings is 1. The van der Waals surface area contributed by atoms with Gasteiger partial charge in [0, 0.05) is 17.3 Å². The molecule has 3 nitrogen and oxygen atoms in total. The molecule has 0 fully saturated rings. The van der Waals surface area contributed by atoms with E-state index in [0.717, 1.165) is 5.69 Å². The summed E-state index contributed by atoms with van der Waals surface area (Å²) in [7, 11) is 0. The number of aromatic nitrogens is 2. The van der Waals surface area contributed by atoms with Crippen LogP contribution in [0.1, 0.15) is 51.2 Å². The molecule has 22 heavy (non-hydrogen) atoms. The lowest BCUT2D eigenvalue weighted by Gasteiger charge is -2.07. The first-order chi connectivity index (χ1) is 10.5. The van der Waals surface area contributed by atoms with Crippen LogP contribution in [0.15, 0.2) is 30.3 Å². The van der Waals surface area contributed by atoms with Gasteiger partial charge in [-0.25, -0.2) is 13.8 Å². The van der Waals surface area contributed by atoms with Crippen molar-refractivity contribution in [3.8, 4) is 11.6 Å². The average Bonchev–Trinajstić information content (AvgIpc) is 2.51. The maximum absolute atomic E-state index is 12.4. The molecular formula is C17H24F2N2O. The minimum absolute atomic E-state index is 0.0302. The predicted octanol–water partition coefficient (Wildman–Crippen LogP) is 5.88. The van der Waals surface area contributed by atoms with Crippen molar-refractivity contribution >= 4 is 0 Å². The van der Waals surface area contributed by atoms with E-state index in [1.807, 2.05) is 34.6 Å². The molecule has 0 unspecified atom stereocenters. The van der Waals surface area contributed by atoms with E-state index in [1.54, 1.807) is 13.0 Å². The van der Waals surface area contributed by atoms with Crippen molar-refractivity contribution in [2.75, 3.05) is 0 Å². The first-order valence-corrected chi connectivity index (χ1v) is 7.43. The molecular weight excluding hydrogens is 286 g/mol. The van der Waals surface area contributed by atoms with Gasteiger partial charge in [-0.1, -0.05) is 27.7 Å². The van der Waals surface area contributed by atoms with E-state index < -0.39 is 6.43 Å². The van der Waals surface area contributed by atoms with Crippen LogP contribution in [0.4, 0.5) is 8.78 Å². The van der Waals surface area contributed by atoms with Crippen LogP contribution in [0.3, 0.4) is 0 Å². The summed E-state index contributed by atoms with van der Waals surface area (Å²) in [6.45, 7) is 11.6. The Labute approximate surface area is 131 Å². The highest BCUT2D eigenvalue weighted by Gasteiger charge is 2.07. The Bertz CT molecular complexity index is 523. The van der Waals surface area contributed by atoms with Crippen LogP contribution in [0.2, 0.25) is 0 Å². The number of aryl methyl sites for hydroxylation is 2. The van der Waals surface area contributed by atoms with Gasteiger partial charge in [-0.15, -0.1) is 0 Å². The van der Waals surface area contributed by atoms with Gasteiger partial charge in [-0.3, -0.25) is 0 Å². The third-order valence-corrected chi connectivity index (χ3v) is 2.30. The first-order valence-electron chi connectivity index (χ1n) is 7.43. The summed E-state index contributed by atoms with van der Waals surface area (Å²) in [6, 6.07) is 7.35. The van der Waals surface area contributed by atoms with Crippen LogP contribution < -0.4 is 4.74 Å². The molecule has 0 saturated heterocycles. The summed E-state index contributed by atoms with van der Waals surface area (Å²) in [4.78, 5) is 8.23. The minimum Gasteiger partial charge on any atom is -0.439 e. The fraction of sp³-hybridized carbons (Fsp3) is 0.412. The van der Waals surface area contributed by atoms with E-state index in [2.05, 4.69) is 9.97 Å². The number of rotatable bonds is 3. The van der Waals surface area contributed by atoms with Gasteiger partial charge in [0.05, 0.1) is 0 Å². The molecule has 0 saturated carbocycles. The van der Waals surface area contributed by atoms with Crippen LogP contribution in [-0.4, -0.2) is 9.97 Å².